The Hall–Kier alpha value is -2.63. The zero-order chi connectivity index (χ0) is 15.4. The van der Waals surface area contributed by atoms with Gasteiger partial charge in [-0.2, -0.15) is 0 Å². The second-order valence-corrected chi connectivity index (χ2v) is 5.32. The molecule has 22 heavy (non-hydrogen) atoms. The molecule has 1 atom stereocenters. The van der Waals surface area contributed by atoms with Crippen LogP contribution in [-0.4, -0.2) is 23.3 Å². The van der Waals surface area contributed by atoms with Gasteiger partial charge >= 0.3 is 0 Å². The van der Waals surface area contributed by atoms with Crippen molar-refractivity contribution in [2.75, 3.05) is 6.54 Å². The van der Waals surface area contributed by atoms with E-state index in [1.807, 2.05) is 18.2 Å². The van der Waals surface area contributed by atoms with Gasteiger partial charge in [0.1, 0.15) is 5.76 Å². The van der Waals surface area contributed by atoms with E-state index in [-0.39, 0.29) is 17.7 Å². The van der Waals surface area contributed by atoms with Crippen LogP contribution in [0.5, 0.6) is 0 Å². The van der Waals surface area contributed by atoms with Crippen LogP contribution in [0.25, 0.3) is 11.3 Å². The monoisotopic (exact) mass is 299 g/mol. The van der Waals surface area contributed by atoms with E-state index in [9.17, 15) is 9.59 Å². The van der Waals surface area contributed by atoms with E-state index in [2.05, 4.69) is 15.6 Å². The molecule has 2 N–H and O–H groups in total. The first kappa shape index (κ1) is 14.3. The predicted octanol–water partition coefficient (Wildman–Crippen LogP) is 1.48. The Morgan fingerprint density at radius 3 is 3.09 bits per heavy atom. The van der Waals surface area contributed by atoms with E-state index in [4.69, 9.17) is 4.42 Å². The Morgan fingerprint density at radius 2 is 2.36 bits per heavy atom. The Morgan fingerprint density at radius 1 is 1.45 bits per heavy atom. The van der Waals surface area contributed by atoms with Crippen LogP contribution in [0.2, 0.25) is 0 Å². The Bertz CT molecular complexity index is 657. The molecule has 0 spiro atoms. The number of nitrogens with zero attached hydrogens (tertiary/aromatic N) is 1. The minimum absolute atomic E-state index is 0.0133. The lowest BCUT2D eigenvalue weighted by molar-refractivity contribution is -0.129. The summed E-state index contributed by atoms with van der Waals surface area (Å²) < 4.78 is 5.34. The molecule has 114 valence electrons. The molecule has 1 aliphatic heterocycles. The molecule has 6 nitrogen and oxygen atoms in total. The topological polar surface area (TPSA) is 84.2 Å². The molecule has 2 aromatic rings. The fourth-order valence-corrected chi connectivity index (χ4v) is 2.45. The van der Waals surface area contributed by atoms with Gasteiger partial charge in [0.25, 0.3) is 0 Å². The molecule has 1 saturated heterocycles. The van der Waals surface area contributed by atoms with Crippen molar-refractivity contribution in [3.05, 3.63) is 42.4 Å². The molecule has 0 saturated carbocycles. The van der Waals surface area contributed by atoms with Crippen molar-refractivity contribution in [3.63, 3.8) is 0 Å². The third-order valence-corrected chi connectivity index (χ3v) is 3.70. The van der Waals surface area contributed by atoms with E-state index in [1.54, 1.807) is 18.7 Å². The largest absolute Gasteiger partial charge is 0.464 e. The van der Waals surface area contributed by atoms with Crippen molar-refractivity contribution in [2.45, 2.75) is 19.4 Å². The summed E-state index contributed by atoms with van der Waals surface area (Å²) in [7, 11) is 0. The zero-order valence-corrected chi connectivity index (χ0v) is 12.0. The van der Waals surface area contributed by atoms with Crippen LogP contribution < -0.4 is 10.6 Å². The lowest BCUT2D eigenvalue weighted by Crippen LogP contribution is -2.42. The highest BCUT2D eigenvalue weighted by molar-refractivity contribution is 5.83. The number of carbonyl (C=O) groups is 2. The Balaban J connectivity index is 1.58. The molecule has 6 heteroatoms. The summed E-state index contributed by atoms with van der Waals surface area (Å²) in [5.74, 6) is 0.567. The average molecular weight is 299 g/mol. The molecule has 3 rings (SSSR count). The summed E-state index contributed by atoms with van der Waals surface area (Å²) in [5.41, 5.74) is 1.78. The molecular formula is C16H17N3O3. The molecular weight excluding hydrogens is 282 g/mol. The molecule has 0 radical (unpaired) electrons. The maximum absolute atomic E-state index is 12.1. The average Bonchev–Trinajstić information content (AvgIpc) is 3.08. The molecule has 0 aliphatic carbocycles. The van der Waals surface area contributed by atoms with E-state index in [0.29, 0.717) is 25.9 Å². The standard InChI is InChI=1S/C16H17N3O3/c20-15-4-3-12(10-18-15)16(21)19-8-11-6-13(9-17-7-11)14-2-1-5-22-14/h1-2,5-7,9,12H,3-4,8,10H2,(H,18,20)(H,19,21). The minimum atomic E-state index is -0.154. The summed E-state index contributed by atoms with van der Waals surface area (Å²) in [5, 5.41) is 5.61. The first-order chi connectivity index (χ1) is 10.7. The third-order valence-electron chi connectivity index (χ3n) is 3.70. The summed E-state index contributed by atoms with van der Waals surface area (Å²) in [6, 6.07) is 5.62. The molecule has 2 aromatic heterocycles. The Labute approximate surface area is 127 Å². The number of piperidine rings is 1. The van der Waals surface area contributed by atoms with Crippen molar-refractivity contribution in [1.82, 2.24) is 15.6 Å². The zero-order valence-electron chi connectivity index (χ0n) is 12.0. The summed E-state index contributed by atoms with van der Waals surface area (Å²) >= 11 is 0. The van der Waals surface area contributed by atoms with Gasteiger partial charge in [0, 0.05) is 37.5 Å². The SMILES string of the molecule is O=C1CCC(C(=O)NCc2cncc(-c3ccco3)c2)CN1. The molecule has 1 fully saturated rings. The van der Waals surface area contributed by atoms with Crippen LogP contribution >= 0.6 is 0 Å². The fourth-order valence-electron chi connectivity index (χ4n) is 2.45. The molecule has 1 unspecified atom stereocenters. The Kier molecular flexibility index (Phi) is 4.18. The number of amides is 2. The van der Waals surface area contributed by atoms with E-state index in [1.165, 1.54) is 0 Å². The van der Waals surface area contributed by atoms with Gasteiger partial charge in [-0.1, -0.05) is 0 Å². The highest BCUT2D eigenvalue weighted by Gasteiger charge is 2.24. The quantitative estimate of drug-likeness (QED) is 0.895. The number of furan rings is 1. The molecule has 1 aliphatic rings. The molecule has 3 heterocycles. The smallest absolute Gasteiger partial charge is 0.225 e. The summed E-state index contributed by atoms with van der Waals surface area (Å²) in [4.78, 5) is 27.4. The maximum Gasteiger partial charge on any atom is 0.225 e. The second kappa shape index (κ2) is 6.43. The number of hydrogen-bond acceptors (Lipinski definition) is 4. The van der Waals surface area contributed by atoms with Gasteiger partial charge in [0.05, 0.1) is 12.2 Å². The normalized spacial score (nSPS) is 17.8. The van der Waals surface area contributed by atoms with Crippen molar-refractivity contribution in [1.29, 1.82) is 0 Å². The highest BCUT2D eigenvalue weighted by atomic mass is 16.3. The number of rotatable bonds is 4. The number of hydrogen-bond donors (Lipinski definition) is 2. The minimum Gasteiger partial charge on any atom is -0.464 e. The third kappa shape index (κ3) is 3.33. The highest BCUT2D eigenvalue weighted by Crippen LogP contribution is 2.19. The van der Waals surface area contributed by atoms with Gasteiger partial charge in [-0.25, -0.2) is 0 Å². The first-order valence-electron chi connectivity index (χ1n) is 7.24. The fraction of sp³-hybridized carbons (Fsp3) is 0.312. The second-order valence-electron chi connectivity index (χ2n) is 5.32. The van der Waals surface area contributed by atoms with E-state index >= 15 is 0 Å². The number of carbonyl (C=O) groups excluding carboxylic acids is 2. The van der Waals surface area contributed by atoms with Crippen LogP contribution in [0.4, 0.5) is 0 Å². The van der Waals surface area contributed by atoms with Crippen molar-refractivity contribution in [2.24, 2.45) is 5.92 Å². The first-order valence-corrected chi connectivity index (χ1v) is 7.24. The molecule has 2 amide bonds. The van der Waals surface area contributed by atoms with Gasteiger partial charge in [-0.3, -0.25) is 14.6 Å². The predicted molar refractivity (Wildman–Crippen MR) is 79.5 cm³/mol. The summed E-state index contributed by atoms with van der Waals surface area (Å²) in [6.07, 6.45) is 6.06. The van der Waals surface area contributed by atoms with Gasteiger partial charge < -0.3 is 15.1 Å². The number of aromatic nitrogens is 1. The van der Waals surface area contributed by atoms with Crippen LogP contribution in [-0.2, 0) is 16.1 Å². The van der Waals surface area contributed by atoms with Crippen molar-refractivity contribution in [3.8, 4) is 11.3 Å². The molecule has 0 aromatic carbocycles. The maximum atomic E-state index is 12.1. The van der Waals surface area contributed by atoms with Gasteiger partial charge in [-0.15, -0.1) is 0 Å². The van der Waals surface area contributed by atoms with Gasteiger partial charge in [0.2, 0.25) is 11.8 Å². The van der Waals surface area contributed by atoms with E-state index in [0.717, 1.165) is 16.9 Å². The van der Waals surface area contributed by atoms with Crippen LogP contribution in [0.3, 0.4) is 0 Å². The van der Waals surface area contributed by atoms with Gasteiger partial charge in [-0.05, 0) is 30.2 Å². The lowest BCUT2D eigenvalue weighted by atomic mass is 9.98. The molecule has 0 bridgehead atoms. The number of pyridine rings is 1. The van der Waals surface area contributed by atoms with E-state index < -0.39 is 0 Å². The van der Waals surface area contributed by atoms with Gasteiger partial charge in [0.15, 0.2) is 0 Å². The number of nitrogens with one attached hydrogen (secondary N) is 2. The van der Waals surface area contributed by atoms with Crippen LogP contribution in [0.1, 0.15) is 18.4 Å². The van der Waals surface area contributed by atoms with Crippen LogP contribution in [0.15, 0.2) is 41.3 Å². The lowest BCUT2D eigenvalue weighted by Gasteiger charge is -2.21. The summed E-state index contributed by atoms with van der Waals surface area (Å²) in [6.45, 7) is 0.820. The van der Waals surface area contributed by atoms with Crippen molar-refractivity contribution < 1.29 is 14.0 Å². The van der Waals surface area contributed by atoms with Crippen LogP contribution in [0, 0.1) is 5.92 Å². The van der Waals surface area contributed by atoms with Crippen molar-refractivity contribution >= 4 is 11.8 Å².